The predicted octanol–water partition coefficient (Wildman–Crippen LogP) is 2.45. The van der Waals surface area contributed by atoms with Gasteiger partial charge in [-0.25, -0.2) is 4.98 Å². The topological polar surface area (TPSA) is 74.8 Å². The van der Waals surface area contributed by atoms with Crippen LogP contribution in [0.1, 0.15) is 41.3 Å². The lowest BCUT2D eigenvalue weighted by molar-refractivity contribution is 0.102. The highest BCUT2D eigenvalue weighted by Crippen LogP contribution is 2.27. The predicted molar refractivity (Wildman–Crippen MR) is 78.1 cm³/mol. The molecule has 2 N–H and O–H groups in total. The molecule has 1 heterocycles. The Hall–Kier alpha value is -2.43. The Morgan fingerprint density at radius 3 is 2.75 bits per heavy atom. The van der Waals surface area contributed by atoms with E-state index in [-0.39, 0.29) is 11.5 Å². The molecule has 1 aromatic carbocycles. The molecule has 0 bridgehead atoms. The molecule has 0 aliphatic rings. The van der Waals surface area contributed by atoms with Crippen LogP contribution in [-0.2, 0) is 0 Å². The third kappa shape index (κ3) is 2.77. The van der Waals surface area contributed by atoms with Crippen LogP contribution in [0.15, 0.2) is 35.5 Å². The van der Waals surface area contributed by atoms with E-state index in [0.717, 1.165) is 16.8 Å². The van der Waals surface area contributed by atoms with Crippen molar-refractivity contribution in [1.82, 2.24) is 9.97 Å². The van der Waals surface area contributed by atoms with Crippen molar-refractivity contribution in [2.45, 2.75) is 26.7 Å². The maximum absolute atomic E-state index is 12.2. The van der Waals surface area contributed by atoms with Gasteiger partial charge in [-0.2, -0.15) is 0 Å². The number of carbonyl (C=O) groups excluding carboxylic acids is 1. The molecular formula is C15H17N3O2. The highest BCUT2D eigenvalue weighted by Gasteiger charge is 2.15. The first-order valence-electron chi connectivity index (χ1n) is 6.44. The highest BCUT2D eigenvalue weighted by molar-refractivity contribution is 6.04. The molecule has 0 fully saturated rings. The van der Waals surface area contributed by atoms with E-state index in [2.05, 4.69) is 29.1 Å². The lowest BCUT2D eigenvalue weighted by Crippen LogP contribution is -2.24. The highest BCUT2D eigenvalue weighted by atomic mass is 16.2. The average Bonchev–Trinajstić information content (AvgIpc) is 2.41. The minimum Gasteiger partial charge on any atom is -0.321 e. The second-order valence-corrected chi connectivity index (χ2v) is 4.94. The summed E-state index contributed by atoms with van der Waals surface area (Å²) in [7, 11) is 0. The minimum absolute atomic E-state index is 0.00505. The fourth-order valence-electron chi connectivity index (χ4n) is 2.03. The number of amides is 1. The van der Waals surface area contributed by atoms with Gasteiger partial charge in [-0.3, -0.25) is 9.59 Å². The molecular weight excluding hydrogens is 254 g/mol. The van der Waals surface area contributed by atoms with Crippen molar-refractivity contribution >= 4 is 11.6 Å². The van der Waals surface area contributed by atoms with Crippen molar-refractivity contribution in [2.24, 2.45) is 0 Å². The van der Waals surface area contributed by atoms with Gasteiger partial charge in [0.05, 0.1) is 6.33 Å². The summed E-state index contributed by atoms with van der Waals surface area (Å²) < 4.78 is 0. The lowest BCUT2D eigenvalue weighted by Gasteiger charge is -2.16. The van der Waals surface area contributed by atoms with Gasteiger partial charge >= 0.3 is 0 Å². The summed E-state index contributed by atoms with van der Waals surface area (Å²) >= 11 is 0. The van der Waals surface area contributed by atoms with Crippen LogP contribution in [0.5, 0.6) is 0 Å². The van der Waals surface area contributed by atoms with Gasteiger partial charge < -0.3 is 10.3 Å². The fourth-order valence-corrected chi connectivity index (χ4v) is 2.03. The Balaban J connectivity index is 2.38. The number of para-hydroxylation sites is 1. The summed E-state index contributed by atoms with van der Waals surface area (Å²) in [6.07, 6.45) is 2.52. The molecule has 5 heteroatoms. The number of aryl methyl sites for hydroxylation is 1. The van der Waals surface area contributed by atoms with Crippen molar-refractivity contribution < 1.29 is 4.79 Å². The molecule has 0 aliphatic heterocycles. The Morgan fingerprint density at radius 1 is 1.35 bits per heavy atom. The van der Waals surface area contributed by atoms with Gasteiger partial charge in [0, 0.05) is 11.9 Å². The quantitative estimate of drug-likeness (QED) is 0.900. The molecule has 0 saturated carbocycles. The first kappa shape index (κ1) is 14.0. The standard InChI is InChI=1S/C15H17N3O2/c1-9(2)11-6-4-5-10(3)13(11)18-15(20)12-7-16-8-17-14(12)19/h4-9H,1-3H3,(H,18,20)(H,16,17,19). The Bertz CT molecular complexity index is 690. The summed E-state index contributed by atoms with van der Waals surface area (Å²) in [5.74, 6) is -0.173. The number of rotatable bonds is 3. The first-order valence-corrected chi connectivity index (χ1v) is 6.44. The summed E-state index contributed by atoms with van der Waals surface area (Å²) in [5, 5.41) is 2.82. The third-order valence-electron chi connectivity index (χ3n) is 3.13. The van der Waals surface area contributed by atoms with E-state index in [1.165, 1.54) is 12.5 Å². The van der Waals surface area contributed by atoms with Crippen LogP contribution in [0.2, 0.25) is 0 Å². The van der Waals surface area contributed by atoms with Gasteiger partial charge in [0.15, 0.2) is 0 Å². The second-order valence-electron chi connectivity index (χ2n) is 4.94. The fraction of sp³-hybridized carbons (Fsp3) is 0.267. The maximum atomic E-state index is 12.2. The van der Waals surface area contributed by atoms with Crippen LogP contribution in [0, 0.1) is 6.92 Å². The van der Waals surface area contributed by atoms with Crippen LogP contribution >= 0.6 is 0 Å². The molecule has 0 saturated heterocycles. The molecule has 2 aromatic rings. The molecule has 0 atom stereocenters. The van der Waals surface area contributed by atoms with Gasteiger partial charge in [-0.15, -0.1) is 0 Å². The van der Waals surface area contributed by atoms with E-state index < -0.39 is 11.5 Å². The molecule has 104 valence electrons. The second kappa shape index (κ2) is 5.69. The minimum atomic E-state index is -0.449. The van der Waals surface area contributed by atoms with Crippen LogP contribution in [0.3, 0.4) is 0 Å². The molecule has 20 heavy (non-hydrogen) atoms. The van der Waals surface area contributed by atoms with Crippen molar-refractivity contribution in [2.75, 3.05) is 5.32 Å². The molecule has 1 amide bonds. The molecule has 2 rings (SSSR count). The SMILES string of the molecule is Cc1cccc(C(C)C)c1NC(=O)c1cnc[nH]c1=O. The van der Waals surface area contributed by atoms with E-state index in [0.29, 0.717) is 0 Å². The summed E-state index contributed by atoms with van der Waals surface area (Å²) in [4.78, 5) is 30.0. The zero-order valence-corrected chi connectivity index (χ0v) is 11.7. The summed E-state index contributed by atoms with van der Waals surface area (Å²) in [6, 6.07) is 5.85. The zero-order valence-electron chi connectivity index (χ0n) is 11.7. The van der Waals surface area contributed by atoms with Crippen molar-refractivity contribution in [1.29, 1.82) is 0 Å². The molecule has 0 radical (unpaired) electrons. The number of carbonyl (C=O) groups is 1. The monoisotopic (exact) mass is 271 g/mol. The number of aromatic nitrogens is 2. The average molecular weight is 271 g/mol. The molecule has 5 nitrogen and oxygen atoms in total. The summed E-state index contributed by atoms with van der Waals surface area (Å²) in [5.41, 5.74) is 2.32. The van der Waals surface area contributed by atoms with E-state index in [9.17, 15) is 9.59 Å². The third-order valence-corrected chi connectivity index (χ3v) is 3.13. The maximum Gasteiger partial charge on any atom is 0.263 e. The van der Waals surface area contributed by atoms with Gasteiger partial charge in [0.25, 0.3) is 11.5 Å². The van der Waals surface area contributed by atoms with Gasteiger partial charge in [-0.05, 0) is 24.0 Å². The van der Waals surface area contributed by atoms with Crippen LogP contribution in [0.4, 0.5) is 5.69 Å². The molecule has 1 aromatic heterocycles. The number of nitrogens with one attached hydrogen (secondary N) is 2. The van der Waals surface area contributed by atoms with E-state index in [1.54, 1.807) is 0 Å². The first-order chi connectivity index (χ1) is 9.50. The number of nitrogens with zero attached hydrogens (tertiary/aromatic N) is 1. The van der Waals surface area contributed by atoms with Gasteiger partial charge in [0.1, 0.15) is 5.56 Å². The van der Waals surface area contributed by atoms with Crippen LogP contribution in [-0.4, -0.2) is 15.9 Å². The lowest BCUT2D eigenvalue weighted by atomic mass is 9.98. The van der Waals surface area contributed by atoms with Crippen molar-refractivity contribution in [3.8, 4) is 0 Å². The number of hydrogen-bond donors (Lipinski definition) is 2. The Labute approximate surface area is 117 Å². The van der Waals surface area contributed by atoms with E-state index >= 15 is 0 Å². The van der Waals surface area contributed by atoms with Gasteiger partial charge in [0.2, 0.25) is 0 Å². The van der Waals surface area contributed by atoms with Crippen molar-refractivity contribution in [3.63, 3.8) is 0 Å². The Morgan fingerprint density at radius 2 is 2.10 bits per heavy atom. The Kier molecular flexibility index (Phi) is 3.98. The number of anilines is 1. The molecule has 0 spiro atoms. The number of benzene rings is 1. The molecule has 0 unspecified atom stereocenters. The number of hydrogen-bond acceptors (Lipinski definition) is 3. The van der Waals surface area contributed by atoms with E-state index in [1.807, 2.05) is 25.1 Å². The normalized spacial score (nSPS) is 10.6. The number of H-pyrrole nitrogens is 1. The zero-order chi connectivity index (χ0) is 14.7. The smallest absolute Gasteiger partial charge is 0.263 e. The van der Waals surface area contributed by atoms with Crippen LogP contribution < -0.4 is 10.9 Å². The largest absolute Gasteiger partial charge is 0.321 e. The van der Waals surface area contributed by atoms with E-state index in [4.69, 9.17) is 0 Å². The van der Waals surface area contributed by atoms with Gasteiger partial charge in [-0.1, -0.05) is 32.0 Å². The summed E-state index contributed by atoms with van der Waals surface area (Å²) in [6.45, 7) is 6.04. The van der Waals surface area contributed by atoms with Crippen LogP contribution in [0.25, 0.3) is 0 Å². The molecule has 0 aliphatic carbocycles. The number of aromatic amines is 1. The van der Waals surface area contributed by atoms with Crippen molar-refractivity contribution in [3.05, 3.63) is 57.8 Å².